The standard InChI is InChI=1S/C24H24F6N2O5/c25-23(26,27)35-18-5-1-3-16(13-18)20(17-4-2-6-19(14-17)36-24(28,29)30)34-12-11-32-9-7-22(8-10-32)15-31-21(33)37-22/h1-6,13-14,20H,7-12,15H2,(H,31,33). The Morgan fingerprint density at radius 1 is 0.919 bits per heavy atom. The molecular weight excluding hydrogens is 510 g/mol. The van der Waals surface area contributed by atoms with E-state index in [-0.39, 0.29) is 17.7 Å². The van der Waals surface area contributed by atoms with Gasteiger partial charge in [-0.05, 0) is 35.4 Å². The number of alkyl halides is 6. The van der Waals surface area contributed by atoms with E-state index in [0.29, 0.717) is 39.0 Å². The van der Waals surface area contributed by atoms with E-state index in [1.165, 1.54) is 24.3 Å². The van der Waals surface area contributed by atoms with Crippen molar-refractivity contribution in [3.8, 4) is 11.5 Å². The molecule has 2 aromatic rings. The zero-order valence-corrected chi connectivity index (χ0v) is 19.4. The van der Waals surface area contributed by atoms with Crippen LogP contribution in [0, 0.1) is 0 Å². The van der Waals surface area contributed by atoms with Crippen molar-refractivity contribution < 1.29 is 50.1 Å². The molecule has 37 heavy (non-hydrogen) atoms. The van der Waals surface area contributed by atoms with Crippen LogP contribution in [0.25, 0.3) is 0 Å². The minimum Gasteiger partial charge on any atom is -0.441 e. The molecule has 1 amide bonds. The molecule has 2 aliphatic heterocycles. The van der Waals surface area contributed by atoms with Crippen molar-refractivity contribution in [2.75, 3.05) is 32.8 Å². The fourth-order valence-corrected chi connectivity index (χ4v) is 4.40. The van der Waals surface area contributed by atoms with Gasteiger partial charge in [0, 0.05) is 32.5 Å². The lowest BCUT2D eigenvalue weighted by Crippen LogP contribution is -2.47. The van der Waals surface area contributed by atoms with Crippen LogP contribution in [0.2, 0.25) is 0 Å². The first kappa shape index (κ1) is 26.9. The molecule has 7 nitrogen and oxygen atoms in total. The summed E-state index contributed by atoms with van der Waals surface area (Å²) in [5, 5.41) is 2.66. The molecule has 2 fully saturated rings. The average molecular weight is 534 g/mol. The van der Waals surface area contributed by atoms with Gasteiger partial charge in [0.1, 0.15) is 23.2 Å². The third kappa shape index (κ3) is 7.65. The van der Waals surface area contributed by atoms with Crippen LogP contribution in [0.5, 0.6) is 11.5 Å². The minimum absolute atomic E-state index is 0.129. The van der Waals surface area contributed by atoms with E-state index in [9.17, 15) is 31.1 Å². The van der Waals surface area contributed by atoms with Gasteiger partial charge in [0.05, 0.1) is 13.2 Å². The number of alkyl carbamates (subject to hydrolysis) is 1. The van der Waals surface area contributed by atoms with Crippen LogP contribution in [-0.2, 0) is 9.47 Å². The highest BCUT2D eigenvalue weighted by Crippen LogP contribution is 2.34. The van der Waals surface area contributed by atoms with Crippen molar-refractivity contribution in [2.24, 2.45) is 0 Å². The van der Waals surface area contributed by atoms with E-state index < -0.39 is 42.0 Å². The number of halogens is 6. The smallest absolute Gasteiger partial charge is 0.441 e. The lowest BCUT2D eigenvalue weighted by atomic mass is 9.92. The fraction of sp³-hybridized carbons (Fsp3) is 0.458. The summed E-state index contributed by atoms with van der Waals surface area (Å²) in [5.74, 6) is -0.968. The molecule has 1 spiro atoms. The topological polar surface area (TPSA) is 69.3 Å². The predicted octanol–water partition coefficient (Wildman–Crippen LogP) is 5.16. The van der Waals surface area contributed by atoms with Gasteiger partial charge < -0.3 is 29.2 Å². The Balaban J connectivity index is 1.47. The van der Waals surface area contributed by atoms with E-state index in [1.807, 2.05) is 0 Å². The maximum absolute atomic E-state index is 12.7. The van der Waals surface area contributed by atoms with Crippen LogP contribution < -0.4 is 14.8 Å². The predicted molar refractivity (Wildman–Crippen MR) is 117 cm³/mol. The number of ether oxygens (including phenoxy) is 4. The number of amides is 1. The molecule has 13 heteroatoms. The van der Waals surface area contributed by atoms with Gasteiger partial charge in [0.15, 0.2) is 0 Å². The van der Waals surface area contributed by atoms with Gasteiger partial charge >= 0.3 is 18.8 Å². The first-order chi connectivity index (χ1) is 17.4. The van der Waals surface area contributed by atoms with E-state index in [4.69, 9.17) is 9.47 Å². The zero-order valence-electron chi connectivity index (χ0n) is 19.4. The summed E-state index contributed by atoms with van der Waals surface area (Å²) in [6.45, 7) is 2.29. The van der Waals surface area contributed by atoms with Gasteiger partial charge in [-0.3, -0.25) is 0 Å². The summed E-state index contributed by atoms with van der Waals surface area (Å²) in [5.41, 5.74) is -0.00523. The van der Waals surface area contributed by atoms with Crippen LogP contribution in [0.1, 0.15) is 30.1 Å². The van der Waals surface area contributed by atoms with E-state index in [2.05, 4.69) is 19.7 Å². The molecule has 1 N–H and O–H groups in total. The van der Waals surface area contributed by atoms with Crippen molar-refractivity contribution >= 4 is 6.09 Å². The Bertz CT molecular complexity index is 1030. The van der Waals surface area contributed by atoms with Gasteiger partial charge in [-0.25, -0.2) is 4.79 Å². The molecule has 0 bridgehead atoms. The normalized spacial score (nSPS) is 18.1. The van der Waals surface area contributed by atoms with Crippen molar-refractivity contribution in [2.45, 2.75) is 37.3 Å². The SMILES string of the molecule is O=C1NCC2(CCN(CCOC(c3cccc(OC(F)(F)F)c3)c3cccc(OC(F)(F)F)c3)CC2)O1. The van der Waals surface area contributed by atoms with E-state index in [0.717, 1.165) is 24.3 Å². The second-order valence-corrected chi connectivity index (χ2v) is 8.76. The Labute approximate surface area is 208 Å². The lowest BCUT2D eigenvalue weighted by Gasteiger charge is -2.37. The molecule has 0 unspecified atom stereocenters. The largest absolute Gasteiger partial charge is 0.573 e. The average Bonchev–Trinajstić information content (AvgIpc) is 3.16. The first-order valence-corrected chi connectivity index (χ1v) is 11.4. The number of hydrogen-bond donors (Lipinski definition) is 1. The number of nitrogens with one attached hydrogen (secondary N) is 1. The highest BCUT2D eigenvalue weighted by atomic mass is 19.4. The molecule has 0 atom stereocenters. The van der Waals surface area contributed by atoms with E-state index in [1.54, 1.807) is 0 Å². The molecule has 0 saturated carbocycles. The van der Waals surface area contributed by atoms with Gasteiger partial charge in [0.2, 0.25) is 0 Å². The van der Waals surface area contributed by atoms with Gasteiger partial charge in [0.25, 0.3) is 0 Å². The summed E-state index contributed by atoms with van der Waals surface area (Å²) >= 11 is 0. The van der Waals surface area contributed by atoms with Gasteiger partial charge in [-0.15, -0.1) is 26.3 Å². The summed E-state index contributed by atoms with van der Waals surface area (Å²) < 4.78 is 95.8. The number of carbonyl (C=O) groups is 1. The third-order valence-electron chi connectivity index (χ3n) is 6.11. The highest BCUT2D eigenvalue weighted by Gasteiger charge is 2.42. The fourth-order valence-electron chi connectivity index (χ4n) is 4.40. The third-order valence-corrected chi connectivity index (χ3v) is 6.11. The molecule has 0 aromatic heterocycles. The maximum Gasteiger partial charge on any atom is 0.573 e. The number of piperidine rings is 1. The number of likely N-dealkylation sites (tertiary alicyclic amines) is 1. The molecule has 2 heterocycles. The molecule has 2 saturated heterocycles. The van der Waals surface area contributed by atoms with Crippen molar-refractivity contribution in [1.29, 1.82) is 0 Å². The quantitative estimate of drug-likeness (QED) is 0.472. The second kappa shape index (κ2) is 10.7. The number of rotatable bonds is 8. The molecule has 0 aliphatic carbocycles. The Morgan fingerprint density at radius 3 is 1.92 bits per heavy atom. The van der Waals surface area contributed by atoms with Crippen LogP contribution in [0.3, 0.4) is 0 Å². The summed E-state index contributed by atoms with van der Waals surface area (Å²) in [6.07, 6.45) is -10.0. The monoisotopic (exact) mass is 534 g/mol. The first-order valence-electron chi connectivity index (χ1n) is 11.4. The number of carbonyl (C=O) groups excluding carboxylic acids is 1. The Kier molecular flexibility index (Phi) is 7.74. The highest BCUT2D eigenvalue weighted by molar-refractivity contribution is 5.70. The van der Waals surface area contributed by atoms with Crippen LogP contribution >= 0.6 is 0 Å². The lowest BCUT2D eigenvalue weighted by molar-refractivity contribution is -0.275. The summed E-state index contributed by atoms with van der Waals surface area (Å²) in [4.78, 5) is 13.5. The minimum atomic E-state index is -4.91. The molecule has 4 rings (SSSR count). The van der Waals surface area contributed by atoms with Crippen LogP contribution in [0.15, 0.2) is 48.5 Å². The van der Waals surface area contributed by atoms with Crippen molar-refractivity contribution in [3.63, 3.8) is 0 Å². The molecule has 2 aromatic carbocycles. The van der Waals surface area contributed by atoms with Crippen LogP contribution in [-0.4, -0.2) is 62.1 Å². The molecule has 202 valence electrons. The number of nitrogens with zero attached hydrogens (tertiary/aromatic N) is 1. The number of hydrogen-bond acceptors (Lipinski definition) is 6. The summed E-state index contributed by atoms with van der Waals surface area (Å²) in [6, 6.07) is 10.2. The van der Waals surface area contributed by atoms with Crippen molar-refractivity contribution in [1.82, 2.24) is 10.2 Å². The summed E-state index contributed by atoms with van der Waals surface area (Å²) in [7, 11) is 0. The van der Waals surface area contributed by atoms with Crippen molar-refractivity contribution in [3.05, 3.63) is 59.7 Å². The molecule has 0 radical (unpaired) electrons. The number of benzene rings is 2. The van der Waals surface area contributed by atoms with Gasteiger partial charge in [-0.1, -0.05) is 24.3 Å². The zero-order chi connectivity index (χ0) is 26.7. The van der Waals surface area contributed by atoms with Crippen LogP contribution in [0.4, 0.5) is 31.1 Å². The molecular formula is C24H24F6N2O5. The van der Waals surface area contributed by atoms with Gasteiger partial charge in [-0.2, -0.15) is 0 Å². The Morgan fingerprint density at radius 2 is 1.46 bits per heavy atom. The maximum atomic E-state index is 12.7. The second-order valence-electron chi connectivity index (χ2n) is 8.76. The Hall–Kier alpha value is -3.19. The molecule has 2 aliphatic rings. The van der Waals surface area contributed by atoms with E-state index >= 15 is 0 Å².